The Morgan fingerprint density at radius 3 is 2.81 bits per heavy atom. The number of hydrogen-bond acceptors (Lipinski definition) is 2. The minimum Gasteiger partial charge on any atom is -0.399 e. The number of hydrogen-bond donors (Lipinski definition) is 1. The number of anilines is 2. The van der Waals surface area contributed by atoms with E-state index in [4.69, 9.17) is 5.73 Å². The first-order valence-electron chi connectivity index (χ1n) is 5.17. The molecule has 1 aliphatic heterocycles. The number of amides is 2. The van der Waals surface area contributed by atoms with Gasteiger partial charge in [-0.3, -0.25) is 4.90 Å². The van der Waals surface area contributed by atoms with Crippen LogP contribution in [0.15, 0.2) is 18.2 Å². The Morgan fingerprint density at radius 1 is 1.38 bits per heavy atom. The Labute approximate surface area is 93.4 Å². The van der Waals surface area contributed by atoms with Crippen molar-refractivity contribution in [2.45, 2.75) is 6.42 Å². The second-order valence-electron chi connectivity index (χ2n) is 3.92. The fourth-order valence-electron chi connectivity index (χ4n) is 1.83. The third-order valence-corrected chi connectivity index (χ3v) is 2.70. The Morgan fingerprint density at radius 2 is 2.12 bits per heavy atom. The Balaban J connectivity index is 2.32. The highest BCUT2D eigenvalue weighted by Crippen LogP contribution is 2.24. The second-order valence-corrected chi connectivity index (χ2v) is 3.92. The van der Waals surface area contributed by atoms with Gasteiger partial charge in [-0.2, -0.15) is 0 Å². The first-order chi connectivity index (χ1) is 7.59. The quantitative estimate of drug-likeness (QED) is 0.736. The van der Waals surface area contributed by atoms with E-state index in [0.717, 1.165) is 6.42 Å². The van der Waals surface area contributed by atoms with Crippen LogP contribution in [0.4, 0.5) is 20.6 Å². The molecule has 0 saturated carbocycles. The number of nitrogen functional groups attached to an aromatic ring is 1. The van der Waals surface area contributed by atoms with E-state index in [-0.39, 0.29) is 6.03 Å². The minimum absolute atomic E-state index is 0.171. The van der Waals surface area contributed by atoms with Gasteiger partial charge in [0.1, 0.15) is 5.82 Å². The van der Waals surface area contributed by atoms with Crippen LogP contribution in [0.25, 0.3) is 0 Å². The van der Waals surface area contributed by atoms with Gasteiger partial charge in [0.15, 0.2) is 0 Å². The summed E-state index contributed by atoms with van der Waals surface area (Å²) >= 11 is 0. The standard InChI is InChI=1S/C11H14FN3O/c1-14-5-2-6-15(11(14)16)10-4-3-8(13)7-9(10)12/h3-4,7H,2,5-6,13H2,1H3. The van der Waals surface area contributed by atoms with Gasteiger partial charge < -0.3 is 10.6 Å². The molecule has 2 amide bonds. The molecule has 0 bridgehead atoms. The molecule has 1 fully saturated rings. The Hall–Kier alpha value is -1.78. The van der Waals surface area contributed by atoms with Gasteiger partial charge in [0.2, 0.25) is 0 Å². The van der Waals surface area contributed by atoms with Gasteiger partial charge in [-0.05, 0) is 24.6 Å². The van der Waals surface area contributed by atoms with Crippen LogP contribution in [0.2, 0.25) is 0 Å². The molecular formula is C11H14FN3O. The molecule has 0 atom stereocenters. The van der Waals surface area contributed by atoms with Crippen molar-refractivity contribution < 1.29 is 9.18 Å². The summed E-state index contributed by atoms with van der Waals surface area (Å²) in [5.41, 5.74) is 6.12. The van der Waals surface area contributed by atoms with Crippen LogP contribution < -0.4 is 10.6 Å². The van der Waals surface area contributed by atoms with Gasteiger partial charge in [-0.15, -0.1) is 0 Å². The molecule has 1 saturated heterocycles. The lowest BCUT2D eigenvalue weighted by Gasteiger charge is -2.33. The minimum atomic E-state index is -0.455. The van der Waals surface area contributed by atoms with Crippen LogP contribution in [0, 0.1) is 5.82 Å². The fraction of sp³-hybridized carbons (Fsp3) is 0.364. The third-order valence-electron chi connectivity index (χ3n) is 2.70. The summed E-state index contributed by atoms with van der Waals surface area (Å²) in [5, 5.41) is 0. The zero-order valence-electron chi connectivity index (χ0n) is 9.11. The topological polar surface area (TPSA) is 49.6 Å². The predicted octanol–water partition coefficient (Wildman–Crippen LogP) is 1.67. The highest BCUT2D eigenvalue weighted by atomic mass is 19.1. The van der Waals surface area contributed by atoms with E-state index < -0.39 is 5.82 Å². The third kappa shape index (κ3) is 1.80. The Bertz CT molecular complexity index is 422. The molecular weight excluding hydrogens is 209 g/mol. The zero-order valence-corrected chi connectivity index (χ0v) is 9.11. The van der Waals surface area contributed by atoms with Crippen molar-refractivity contribution in [2.24, 2.45) is 0 Å². The van der Waals surface area contributed by atoms with Crippen molar-refractivity contribution in [1.29, 1.82) is 0 Å². The lowest BCUT2D eigenvalue weighted by molar-refractivity contribution is 0.207. The molecule has 0 spiro atoms. The maximum Gasteiger partial charge on any atom is 0.324 e. The van der Waals surface area contributed by atoms with Crippen LogP contribution in [-0.2, 0) is 0 Å². The SMILES string of the molecule is CN1CCCN(c2ccc(N)cc2F)C1=O. The van der Waals surface area contributed by atoms with Crippen molar-refractivity contribution in [3.05, 3.63) is 24.0 Å². The average Bonchev–Trinajstić information content (AvgIpc) is 2.23. The maximum atomic E-state index is 13.6. The number of benzene rings is 1. The molecule has 0 unspecified atom stereocenters. The number of carbonyl (C=O) groups is 1. The molecule has 0 radical (unpaired) electrons. The number of nitrogens with two attached hydrogens (primary N) is 1. The first kappa shape index (κ1) is 10.7. The summed E-state index contributed by atoms with van der Waals surface area (Å²) in [6.07, 6.45) is 0.839. The first-order valence-corrected chi connectivity index (χ1v) is 5.17. The molecule has 2 N–H and O–H groups in total. The van der Waals surface area contributed by atoms with Crippen LogP contribution >= 0.6 is 0 Å². The van der Waals surface area contributed by atoms with Gasteiger partial charge in [-0.1, -0.05) is 0 Å². The number of rotatable bonds is 1. The van der Waals surface area contributed by atoms with Crippen LogP contribution in [0.3, 0.4) is 0 Å². The summed E-state index contributed by atoms with van der Waals surface area (Å²) in [6.45, 7) is 1.26. The highest BCUT2D eigenvalue weighted by Gasteiger charge is 2.25. The summed E-state index contributed by atoms with van der Waals surface area (Å²) in [6, 6.07) is 4.20. The maximum absolute atomic E-state index is 13.6. The normalized spacial score (nSPS) is 16.8. The monoisotopic (exact) mass is 223 g/mol. The molecule has 1 heterocycles. The summed E-state index contributed by atoms with van der Waals surface area (Å²) in [7, 11) is 1.71. The van der Waals surface area contributed by atoms with Gasteiger partial charge in [0.05, 0.1) is 5.69 Å². The van der Waals surface area contributed by atoms with Crippen molar-refractivity contribution in [1.82, 2.24) is 4.90 Å². The lowest BCUT2D eigenvalue weighted by Crippen LogP contribution is -2.47. The molecule has 0 aromatic heterocycles. The summed E-state index contributed by atoms with van der Waals surface area (Å²) < 4.78 is 13.6. The van der Waals surface area contributed by atoms with E-state index in [1.807, 2.05) is 0 Å². The van der Waals surface area contributed by atoms with E-state index in [9.17, 15) is 9.18 Å². The Kier molecular flexibility index (Phi) is 2.68. The van der Waals surface area contributed by atoms with Gasteiger partial charge >= 0.3 is 6.03 Å². The molecule has 4 nitrogen and oxygen atoms in total. The largest absolute Gasteiger partial charge is 0.399 e. The summed E-state index contributed by atoms with van der Waals surface area (Å²) in [5.74, 6) is -0.455. The molecule has 1 aromatic rings. The molecule has 2 rings (SSSR count). The summed E-state index contributed by atoms with van der Waals surface area (Å²) in [4.78, 5) is 14.8. The van der Waals surface area contributed by atoms with Crippen LogP contribution in [-0.4, -0.2) is 31.1 Å². The number of urea groups is 1. The number of halogens is 1. The fourth-order valence-corrected chi connectivity index (χ4v) is 1.83. The smallest absolute Gasteiger partial charge is 0.324 e. The van der Waals surface area contributed by atoms with Crippen LogP contribution in [0.1, 0.15) is 6.42 Å². The molecule has 0 aliphatic carbocycles. The average molecular weight is 223 g/mol. The van der Waals surface area contributed by atoms with E-state index in [2.05, 4.69) is 0 Å². The van der Waals surface area contributed by atoms with Crippen LogP contribution in [0.5, 0.6) is 0 Å². The zero-order chi connectivity index (χ0) is 11.7. The van der Waals surface area contributed by atoms with Crippen molar-refractivity contribution >= 4 is 17.4 Å². The molecule has 5 heteroatoms. The van der Waals surface area contributed by atoms with E-state index in [0.29, 0.717) is 24.5 Å². The van der Waals surface area contributed by atoms with Crippen molar-refractivity contribution in [2.75, 3.05) is 30.8 Å². The van der Waals surface area contributed by atoms with E-state index in [1.54, 1.807) is 24.1 Å². The van der Waals surface area contributed by atoms with Crippen molar-refractivity contribution in [3.63, 3.8) is 0 Å². The van der Waals surface area contributed by atoms with Gasteiger partial charge in [0.25, 0.3) is 0 Å². The van der Waals surface area contributed by atoms with E-state index >= 15 is 0 Å². The molecule has 86 valence electrons. The number of carbonyl (C=O) groups excluding carboxylic acids is 1. The van der Waals surface area contributed by atoms with Gasteiger partial charge in [0, 0.05) is 25.8 Å². The second kappa shape index (κ2) is 4.00. The molecule has 1 aromatic carbocycles. The van der Waals surface area contributed by atoms with Crippen molar-refractivity contribution in [3.8, 4) is 0 Å². The lowest BCUT2D eigenvalue weighted by atomic mass is 10.2. The van der Waals surface area contributed by atoms with Gasteiger partial charge in [-0.25, -0.2) is 9.18 Å². The number of nitrogens with zero attached hydrogens (tertiary/aromatic N) is 2. The van der Waals surface area contributed by atoms with E-state index in [1.165, 1.54) is 11.0 Å². The highest BCUT2D eigenvalue weighted by molar-refractivity contribution is 5.92. The molecule has 16 heavy (non-hydrogen) atoms. The molecule has 1 aliphatic rings. The predicted molar refractivity (Wildman–Crippen MR) is 60.8 cm³/mol.